The minimum absolute atomic E-state index is 0.206. The monoisotopic (exact) mass is 368 g/mol. The number of hydrogen-bond acceptors (Lipinski definition) is 3. The number of benzene rings is 2. The highest BCUT2D eigenvalue weighted by Crippen LogP contribution is 2.31. The summed E-state index contributed by atoms with van der Waals surface area (Å²) in [6.07, 6.45) is 0.434. The summed E-state index contributed by atoms with van der Waals surface area (Å²) >= 11 is 5.23. The van der Waals surface area contributed by atoms with Crippen LogP contribution in [0.3, 0.4) is 0 Å². The maximum atomic E-state index is 13.0. The molecule has 134 valence electrons. The van der Waals surface area contributed by atoms with Crippen LogP contribution >= 0.6 is 12.2 Å². The normalized spacial score (nSPS) is 19.2. The summed E-state index contributed by atoms with van der Waals surface area (Å²) in [6.45, 7) is 2.36. The number of urea groups is 1. The van der Waals surface area contributed by atoms with Gasteiger partial charge in [-0.05, 0) is 29.8 Å². The van der Waals surface area contributed by atoms with Crippen LogP contribution in [-0.2, 0) is 16.9 Å². The largest absolute Gasteiger partial charge is 0.357 e. The van der Waals surface area contributed by atoms with Crippen LogP contribution in [0.5, 0.6) is 0 Å². The average molecular weight is 368 g/mol. The van der Waals surface area contributed by atoms with Gasteiger partial charge in [-0.15, -0.1) is 0 Å². The minimum Gasteiger partial charge on any atom is -0.357 e. The highest BCUT2D eigenvalue weighted by atomic mass is 32.1. The van der Waals surface area contributed by atoms with Crippen LogP contribution in [0, 0.1) is 0 Å². The molecule has 2 aromatic rings. The first-order chi connectivity index (χ1) is 12.6. The third-order valence-electron chi connectivity index (χ3n) is 4.40. The third-order valence-corrected chi connectivity index (χ3v) is 4.63. The molecular formula is C19H20N4O2S. The number of nitrogens with one attached hydrogen (secondary N) is 3. The molecule has 0 spiro atoms. The summed E-state index contributed by atoms with van der Waals surface area (Å²) in [5.41, 5.74) is 3.40. The number of imide groups is 1. The molecule has 3 rings (SSSR count). The van der Waals surface area contributed by atoms with Crippen molar-refractivity contribution in [3.05, 3.63) is 71.8 Å². The zero-order valence-electron chi connectivity index (χ0n) is 14.4. The van der Waals surface area contributed by atoms with Gasteiger partial charge in [-0.25, -0.2) is 4.79 Å². The Balaban J connectivity index is 1.70. The Labute approximate surface area is 157 Å². The van der Waals surface area contributed by atoms with Gasteiger partial charge in [0.15, 0.2) is 5.11 Å². The third kappa shape index (κ3) is 3.39. The lowest BCUT2D eigenvalue weighted by Gasteiger charge is -2.25. The number of nitrogens with zero attached hydrogens (tertiary/aromatic N) is 1. The Morgan fingerprint density at radius 1 is 1.08 bits per heavy atom. The number of rotatable bonds is 5. The predicted molar refractivity (Wildman–Crippen MR) is 103 cm³/mol. The highest BCUT2D eigenvalue weighted by molar-refractivity contribution is 7.80. The number of hydrazine groups is 1. The maximum Gasteiger partial charge on any atom is 0.344 e. The number of carbonyl (C=O) groups is 2. The summed E-state index contributed by atoms with van der Waals surface area (Å²) < 4.78 is 0. The van der Waals surface area contributed by atoms with Crippen LogP contribution < -0.4 is 16.1 Å². The van der Waals surface area contributed by atoms with E-state index in [9.17, 15) is 9.59 Å². The van der Waals surface area contributed by atoms with Gasteiger partial charge < -0.3 is 10.6 Å². The van der Waals surface area contributed by atoms with E-state index in [4.69, 9.17) is 12.2 Å². The molecule has 7 heteroatoms. The number of amides is 3. The fraction of sp³-hybridized carbons (Fsp3) is 0.211. The van der Waals surface area contributed by atoms with Gasteiger partial charge in [0, 0.05) is 6.54 Å². The van der Waals surface area contributed by atoms with E-state index in [0.29, 0.717) is 13.0 Å². The molecule has 3 amide bonds. The Kier molecular flexibility index (Phi) is 5.18. The second-order valence-electron chi connectivity index (χ2n) is 5.98. The molecule has 6 nitrogen and oxygen atoms in total. The van der Waals surface area contributed by atoms with Crippen LogP contribution in [0.4, 0.5) is 4.79 Å². The van der Waals surface area contributed by atoms with Crippen LogP contribution in [-0.4, -0.2) is 22.1 Å². The van der Waals surface area contributed by atoms with E-state index in [1.54, 1.807) is 0 Å². The molecule has 3 N–H and O–H groups in total. The number of carbonyl (C=O) groups excluding carboxylic acids is 2. The molecule has 0 saturated carbocycles. The Bertz CT molecular complexity index is 813. The van der Waals surface area contributed by atoms with Crippen LogP contribution in [0.2, 0.25) is 0 Å². The molecule has 1 aliphatic rings. The Hall–Kier alpha value is -2.93. The summed E-state index contributed by atoms with van der Waals surface area (Å²) in [5, 5.41) is 6.95. The highest BCUT2D eigenvalue weighted by Gasteiger charge is 2.51. The SMILES string of the molecule is CC[C@@]1(c2ccccc2)NC(=O)N(NC(=S)NCc2ccccc2)C1=O. The molecule has 0 radical (unpaired) electrons. The van der Waals surface area contributed by atoms with Crippen molar-refractivity contribution in [3.63, 3.8) is 0 Å². The van der Waals surface area contributed by atoms with E-state index < -0.39 is 11.6 Å². The minimum atomic E-state index is -1.08. The fourth-order valence-corrected chi connectivity index (χ4v) is 3.12. The number of hydrogen-bond donors (Lipinski definition) is 3. The van der Waals surface area contributed by atoms with E-state index in [-0.39, 0.29) is 11.0 Å². The molecule has 1 saturated heterocycles. The van der Waals surface area contributed by atoms with Crippen molar-refractivity contribution in [1.29, 1.82) is 0 Å². The van der Waals surface area contributed by atoms with Crippen LogP contribution in [0.1, 0.15) is 24.5 Å². The van der Waals surface area contributed by atoms with Crippen molar-refractivity contribution in [3.8, 4) is 0 Å². The van der Waals surface area contributed by atoms with Gasteiger partial charge in [-0.1, -0.05) is 67.6 Å². The van der Waals surface area contributed by atoms with Gasteiger partial charge in [0.25, 0.3) is 5.91 Å². The van der Waals surface area contributed by atoms with Crippen molar-refractivity contribution < 1.29 is 9.59 Å². The first kappa shape index (κ1) is 17.9. The quantitative estimate of drug-likeness (QED) is 0.558. The molecule has 2 aromatic carbocycles. The topological polar surface area (TPSA) is 73.5 Å². The zero-order chi connectivity index (χ0) is 18.6. The summed E-state index contributed by atoms with van der Waals surface area (Å²) in [5.74, 6) is -0.375. The van der Waals surface area contributed by atoms with Gasteiger partial charge in [-0.3, -0.25) is 10.2 Å². The molecule has 0 unspecified atom stereocenters. The predicted octanol–water partition coefficient (Wildman–Crippen LogP) is 2.42. The molecule has 0 aliphatic carbocycles. The molecule has 0 aromatic heterocycles. The zero-order valence-corrected chi connectivity index (χ0v) is 15.2. The lowest BCUT2D eigenvalue weighted by atomic mass is 9.87. The van der Waals surface area contributed by atoms with Gasteiger partial charge in [0.05, 0.1) is 0 Å². The molecule has 1 fully saturated rings. The van der Waals surface area contributed by atoms with Gasteiger partial charge in [0.1, 0.15) is 5.54 Å². The van der Waals surface area contributed by atoms with Crippen LogP contribution in [0.25, 0.3) is 0 Å². The molecular weight excluding hydrogens is 348 g/mol. The first-order valence-corrected chi connectivity index (χ1v) is 8.78. The number of thiocarbonyl (C=S) groups is 1. The van der Waals surface area contributed by atoms with E-state index in [2.05, 4.69) is 16.1 Å². The summed E-state index contributed by atoms with van der Waals surface area (Å²) in [4.78, 5) is 25.4. The molecule has 26 heavy (non-hydrogen) atoms. The van der Waals surface area contributed by atoms with E-state index in [1.165, 1.54) is 0 Å². The second-order valence-corrected chi connectivity index (χ2v) is 6.38. The van der Waals surface area contributed by atoms with Crippen molar-refractivity contribution in [2.24, 2.45) is 0 Å². The summed E-state index contributed by atoms with van der Waals surface area (Å²) in [7, 11) is 0. The van der Waals surface area contributed by atoms with Crippen LogP contribution in [0.15, 0.2) is 60.7 Å². The van der Waals surface area contributed by atoms with Gasteiger partial charge in [0.2, 0.25) is 0 Å². The lowest BCUT2D eigenvalue weighted by Crippen LogP contribution is -2.51. The lowest BCUT2D eigenvalue weighted by molar-refractivity contribution is -0.133. The maximum absolute atomic E-state index is 13.0. The van der Waals surface area contributed by atoms with Crippen molar-refractivity contribution in [2.45, 2.75) is 25.4 Å². The molecule has 1 aliphatic heterocycles. The summed E-state index contributed by atoms with van der Waals surface area (Å²) in [6, 6.07) is 18.4. The molecule has 1 heterocycles. The van der Waals surface area contributed by atoms with E-state index >= 15 is 0 Å². The fourth-order valence-electron chi connectivity index (χ4n) is 2.96. The average Bonchev–Trinajstić information content (AvgIpc) is 2.93. The van der Waals surface area contributed by atoms with Crippen molar-refractivity contribution in [2.75, 3.05) is 0 Å². The second kappa shape index (κ2) is 7.53. The van der Waals surface area contributed by atoms with Gasteiger partial charge in [-0.2, -0.15) is 5.01 Å². The Morgan fingerprint density at radius 2 is 1.69 bits per heavy atom. The van der Waals surface area contributed by atoms with Crippen molar-refractivity contribution in [1.82, 2.24) is 21.1 Å². The Morgan fingerprint density at radius 3 is 2.31 bits per heavy atom. The standard InChI is InChI=1S/C19H20N4O2S/c1-2-19(15-11-7-4-8-12-15)16(24)23(18(25)21-19)22-17(26)20-13-14-9-5-3-6-10-14/h3-12H,2,13H2,1H3,(H,21,25)(H2,20,22,26)/t19-/m0/s1. The molecule has 1 atom stereocenters. The van der Waals surface area contributed by atoms with E-state index in [1.807, 2.05) is 67.6 Å². The van der Waals surface area contributed by atoms with Gasteiger partial charge >= 0.3 is 6.03 Å². The molecule has 0 bridgehead atoms. The first-order valence-electron chi connectivity index (χ1n) is 8.37. The van der Waals surface area contributed by atoms with Crippen molar-refractivity contribution >= 4 is 29.3 Å². The van der Waals surface area contributed by atoms with E-state index in [0.717, 1.165) is 16.1 Å². The smallest absolute Gasteiger partial charge is 0.344 e.